The Morgan fingerprint density at radius 2 is 2.00 bits per heavy atom. The number of hydrogen-bond donors (Lipinski definition) is 2. The maximum absolute atomic E-state index is 5.52. The molecule has 0 radical (unpaired) electrons. The monoisotopic (exact) mass is 402 g/mol. The Morgan fingerprint density at radius 3 is 2.77 bits per heavy atom. The van der Waals surface area contributed by atoms with Crippen molar-refractivity contribution >= 4 is 23.4 Å². The smallest absolute Gasteiger partial charge is 0.177 e. The molecule has 9 nitrogen and oxygen atoms in total. The first kappa shape index (κ1) is 18.3. The number of pyridine rings is 1. The highest BCUT2D eigenvalue weighted by molar-refractivity contribution is 5.79. The molecule has 0 unspecified atom stereocenters. The summed E-state index contributed by atoms with van der Waals surface area (Å²) in [5.74, 6) is 0.641. The van der Waals surface area contributed by atoms with E-state index in [1.807, 2.05) is 43.5 Å². The Kier molecular flexibility index (Phi) is 4.86. The number of rotatable bonds is 5. The van der Waals surface area contributed by atoms with Crippen LogP contribution in [0.2, 0.25) is 0 Å². The predicted molar refractivity (Wildman–Crippen MR) is 116 cm³/mol. The van der Waals surface area contributed by atoms with Gasteiger partial charge in [-0.1, -0.05) is 0 Å². The molecule has 1 aliphatic heterocycles. The number of ether oxygens (including phenoxy) is 1. The van der Waals surface area contributed by atoms with E-state index in [0.717, 1.165) is 47.1 Å². The first-order valence-corrected chi connectivity index (χ1v) is 9.84. The van der Waals surface area contributed by atoms with Gasteiger partial charge in [-0.25, -0.2) is 9.50 Å². The molecule has 5 rings (SSSR count). The zero-order chi connectivity index (χ0) is 20.3. The van der Waals surface area contributed by atoms with E-state index in [-0.39, 0.29) is 0 Å². The van der Waals surface area contributed by atoms with Gasteiger partial charge in [-0.05, 0) is 31.2 Å². The first-order valence-electron chi connectivity index (χ1n) is 9.84. The van der Waals surface area contributed by atoms with Gasteiger partial charge in [0.25, 0.3) is 0 Å². The molecule has 9 heteroatoms. The van der Waals surface area contributed by atoms with Gasteiger partial charge in [-0.2, -0.15) is 5.10 Å². The highest BCUT2D eigenvalue weighted by Crippen LogP contribution is 2.27. The fourth-order valence-corrected chi connectivity index (χ4v) is 3.48. The van der Waals surface area contributed by atoms with Crippen LogP contribution in [0, 0.1) is 6.92 Å². The van der Waals surface area contributed by atoms with Crippen molar-refractivity contribution < 1.29 is 4.74 Å². The molecule has 1 fully saturated rings. The largest absolute Gasteiger partial charge is 0.378 e. The third-order valence-corrected chi connectivity index (χ3v) is 4.97. The fraction of sp³-hybridized carbons (Fsp3) is 0.238. The lowest BCUT2D eigenvalue weighted by molar-refractivity contribution is 0.123. The number of morpholine rings is 1. The van der Waals surface area contributed by atoms with Crippen LogP contribution in [0.15, 0.2) is 54.0 Å². The van der Waals surface area contributed by atoms with Crippen LogP contribution in [0.5, 0.6) is 0 Å². The topological polar surface area (TPSA) is 95.7 Å². The molecule has 4 aromatic rings. The predicted octanol–water partition coefficient (Wildman–Crippen LogP) is 2.71. The minimum absolute atomic E-state index is 0.641. The van der Waals surface area contributed by atoms with E-state index >= 15 is 0 Å². The van der Waals surface area contributed by atoms with E-state index in [1.165, 1.54) is 0 Å². The highest BCUT2D eigenvalue weighted by Gasteiger charge is 2.18. The number of aromatic nitrogens is 5. The molecule has 5 heterocycles. The maximum Gasteiger partial charge on any atom is 0.177 e. The van der Waals surface area contributed by atoms with Gasteiger partial charge < -0.3 is 14.6 Å². The number of nitrogens with zero attached hydrogens (tertiary/aromatic N) is 6. The summed E-state index contributed by atoms with van der Waals surface area (Å²) >= 11 is 0. The summed E-state index contributed by atoms with van der Waals surface area (Å²) < 4.78 is 7.32. The summed E-state index contributed by atoms with van der Waals surface area (Å²) in [4.78, 5) is 14.4. The number of hydrazone groups is 1. The van der Waals surface area contributed by atoms with Gasteiger partial charge in [-0.3, -0.25) is 10.4 Å². The SMILES string of the molecule is Cc1ccc(/C=N/Nc2cc(N3CCOCC3)c3nc(-c4ccncc4)cn3n2)[nH]1. The van der Waals surface area contributed by atoms with Crippen molar-refractivity contribution in [2.75, 3.05) is 36.6 Å². The molecular formula is C21H22N8O. The molecule has 1 saturated heterocycles. The van der Waals surface area contributed by atoms with Crippen molar-refractivity contribution in [2.45, 2.75) is 6.92 Å². The molecule has 30 heavy (non-hydrogen) atoms. The Morgan fingerprint density at radius 1 is 1.17 bits per heavy atom. The average Bonchev–Trinajstić information content (AvgIpc) is 3.40. The van der Waals surface area contributed by atoms with Crippen LogP contribution in [0.25, 0.3) is 16.9 Å². The van der Waals surface area contributed by atoms with Crippen LogP contribution in [0.4, 0.5) is 11.5 Å². The van der Waals surface area contributed by atoms with Gasteiger partial charge in [0.2, 0.25) is 0 Å². The van der Waals surface area contributed by atoms with Crippen LogP contribution >= 0.6 is 0 Å². The molecule has 4 aromatic heterocycles. The lowest BCUT2D eigenvalue weighted by Gasteiger charge is -2.29. The molecule has 0 aliphatic carbocycles. The van der Waals surface area contributed by atoms with Crippen LogP contribution in [-0.4, -0.2) is 57.1 Å². The Labute approximate surface area is 173 Å². The second kappa shape index (κ2) is 7.96. The molecule has 0 aromatic carbocycles. The van der Waals surface area contributed by atoms with Gasteiger partial charge in [-0.15, -0.1) is 5.10 Å². The zero-order valence-corrected chi connectivity index (χ0v) is 16.6. The normalized spacial score (nSPS) is 14.6. The number of hydrogen-bond acceptors (Lipinski definition) is 7. The van der Waals surface area contributed by atoms with Crippen molar-refractivity contribution in [2.24, 2.45) is 5.10 Å². The lowest BCUT2D eigenvalue weighted by Crippen LogP contribution is -2.36. The van der Waals surface area contributed by atoms with Gasteiger partial charge in [0, 0.05) is 42.8 Å². The van der Waals surface area contributed by atoms with E-state index in [1.54, 1.807) is 23.1 Å². The highest BCUT2D eigenvalue weighted by atomic mass is 16.5. The minimum Gasteiger partial charge on any atom is -0.378 e. The quantitative estimate of drug-likeness (QED) is 0.394. The molecule has 152 valence electrons. The third kappa shape index (κ3) is 3.74. The number of aryl methyl sites for hydroxylation is 1. The molecule has 0 saturated carbocycles. The Bertz CT molecular complexity index is 1170. The van der Waals surface area contributed by atoms with Gasteiger partial charge in [0.15, 0.2) is 11.5 Å². The van der Waals surface area contributed by atoms with E-state index in [4.69, 9.17) is 9.72 Å². The van der Waals surface area contributed by atoms with E-state index in [9.17, 15) is 0 Å². The summed E-state index contributed by atoms with van der Waals surface area (Å²) in [6.45, 7) is 5.01. The minimum atomic E-state index is 0.641. The molecule has 0 amide bonds. The average molecular weight is 402 g/mol. The summed E-state index contributed by atoms with van der Waals surface area (Å²) in [6.07, 6.45) is 7.20. The second-order valence-corrected chi connectivity index (χ2v) is 7.11. The molecule has 2 N–H and O–H groups in total. The Hall–Kier alpha value is -3.72. The summed E-state index contributed by atoms with van der Waals surface area (Å²) in [7, 11) is 0. The van der Waals surface area contributed by atoms with Gasteiger partial charge >= 0.3 is 0 Å². The van der Waals surface area contributed by atoms with Crippen LogP contribution in [-0.2, 0) is 4.74 Å². The summed E-state index contributed by atoms with van der Waals surface area (Å²) in [5, 5.41) is 8.99. The van der Waals surface area contributed by atoms with Crippen LogP contribution in [0.3, 0.4) is 0 Å². The van der Waals surface area contributed by atoms with Crippen LogP contribution < -0.4 is 10.3 Å². The fourth-order valence-electron chi connectivity index (χ4n) is 3.48. The van der Waals surface area contributed by atoms with Crippen molar-refractivity contribution in [1.29, 1.82) is 0 Å². The zero-order valence-electron chi connectivity index (χ0n) is 16.6. The molecule has 0 atom stereocenters. The second-order valence-electron chi connectivity index (χ2n) is 7.11. The lowest BCUT2D eigenvalue weighted by atomic mass is 10.2. The van der Waals surface area contributed by atoms with E-state index < -0.39 is 0 Å². The number of imidazole rings is 1. The summed E-state index contributed by atoms with van der Waals surface area (Å²) in [6, 6.07) is 9.86. The van der Waals surface area contributed by atoms with Gasteiger partial charge in [0.05, 0.1) is 42.7 Å². The Balaban J connectivity index is 1.51. The number of nitrogens with one attached hydrogen (secondary N) is 2. The van der Waals surface area contributed by atoms with Gasteiger partial charge in [0.1, 0.15) is 0 Å². The maximum atomic E-state index is 5.52. The van der Waals surface area contributed by atoms with Crippen LogP contribution in [0.1, 0.15) is 11.4 Å². The molecule has 0 bridgehead atoms. The summed E-state index contributed by atoms with van der Waals surface area (Å²) in [5.41, 5.74) is 8.72. The van der Waals surface area contributed by atoms with Crippen molar-refractivity contribution in [3.8, 4) is 11.3 Å². The van der Waals surface area contributed by atoms with E-state index in [2.05, 4.69) is 30.5 Å². The molecule has 1 aliphatic rings. The standard InChI is InChI=1S/C21H22N8O/c1-15-2-3-17(24-15)13-23-26-20-12-19(28-8-10-30-11-9-28)21-25-18(14-29(21)27-20)16-4-6-22-7-5-16/h2-7,12-14,24H,8-11H2,1H3,(H,26,27)/b23-13+. The number of aromatic amines is 1. The van der Waals surface area contributed by atoms with E-state index in [0.29, 0.717) is 19.0 Å². The number of H-pyrrole nitrogens is 1. The number of fused-ring (bicyclic) bond motifs is 1. The van der Waals surface area contributed by atoms with Crippen molar-refractivity contribution in [3.63, 3.8) is 0 Å². The molecular weight excluding hydrogens is 380 g/mol. The van der Waals surface area contributed by atoms with Crippen molar-refractivity contribution in [3.05, 3.63) is 60.3 Å². The van der Waals surface area contributed by atoms with Crippen molar-refractivity contribution in [1.82, 2.24) is 24.6 Å². The third-order valence-electron chi connectivity index (χ3n) is 4.97. The molecule has 0 spiro atoms. The first-order chi connectivity index (χ1) is 14.8. The number of anilines is 2.